The van der Waals surface area contributed by atoms with E-state index in [9.17, 15) is 48.3 Å². The molecule has 0 amide bonds. The summed E-state index contributed by atoms with van der Waals surface area (Å²) in [5.74, 6) is -10.9. The number of ether oxygens (including phenoxy) is 1. The van der Waals surface area contributed by atoms with Crippen molar-refractivity contribution in [1.29, 1.82) is 0 Å². The van der Waals surface area contributed by atoms with Crippen LogP contribution in [0.1, 0.15) is 23.6 Å². The largest absolute Gasteiger partial charge is 0.432 e. The van der Waals surface area contributed by atoms with Gasteiger partial charge < -0.3 is 4.74 Å². The van der Waals surface area contributed by atoms with Gasteiger partial charge in [-0.15, -0.1) is 0 Å². The predicted octanol–water partition coefficient (Wildman–Crippen LogP) is 9.56. The first-order valence-corrected chi connectivity index (χ1v) is 11.3. The third kappa shape index (κ3) is 5.61. The second-order valence-corrected chi connectivity index (χ2v) is 8.56. The lowest BCUT2D eigenvalue weighted by atomic mass is 10.00. The van der Waals surface area contributed by atoms with Gasteiger partial charge >= 0.3 is 12.3 Å². The van der Waals surface area contributed by atoms with Gasteiger partial charge in [-0.25, -0.2) is 26.3 Å². The minimum atomic E-state index is -5.37. The average Bonchev–Trinajstić information content (AvgIpc) is 2.81. The molecule has 210 valence electrons. The Labute approximate surface area is 219 Å². The maximum Gasteiger partial charge on any atom is 0.432 e. The molecule has 0 heterocycles. The van der Waals surface area contributed by atoms with Gasteiger partial charge in [0, 0.05) is 17.2 Å². The number of aryl methyl sites for hydroxylation is 1. The van der Waals surface area contributed by atoms with E-state index in [-0.39, 0.29) is 29.3 Å². The van der Waals surface area contributed by atoms with Crippen molar-refractivity contribution in [3.8, 4) is 28.0 Å². The molecule has 0 aliphatic carbocycles. The second kappa shape index (κ2) is 10.5. The van der Waals surface area contributed by atoms with E-state index < -0.39 is 75.2 Å². The van der Waals surface area contributed by atoms with Crippen LogP contribution in [0.2, 0.25) is 0 Å². The van der Waals surface area contributed by atoms with Crippen molar-refractivity contribution in [2.45, 2.75) is 25.6 Å². The molecule has 0 spiro atoms. The Balaban J connectivity index is 1.64. The zero-order valence-corrected chi connectivity index (χ0v) is 20.0. The van der Waals surface area contributed by atoms with Crippen molar-refractivity contribution < 1.29 is 53.0 Å². The smallest absolute Gasteiger partial charge is 0.429 e. The molecule has 4 aromatic carbocycles. The highest BCUT2D eigenvalue weighted by atomic mass is 19.4. The molecular formula is C28H15F11O. The number of benzene rings is 4. The van der Waals surface area contributed by atoms with Crippen LogP contribution in [-0.2, 0) is 18.7 Å². The summed E-state index contributed by atoms with van der Waals surface area (Å²) in [4.78, 5) is 0. The van der Waals surface area contributed by atoms with Crippen molar-refractivity contribution in [3.63, 3.8) is 0 Å². The molecule has 0 fully saturated rings. The number of hydrogen-bond acceptors (Lipinski definition) is 1. The molecule has 0 aliphatic rings. The minimum absolute atomic E-state index is 0.199. The minimum Gasteiger partial charge on any atom is -0.429 e. The Hall–Kier alpha value is -4.09. The van der Waals surface area contributed by atoms with Crippen LogP contribution in [0.25, 0.3) is 22.3 Å². The highest BCUT2D eigenvalue weighted by molar-refractivity contribution is 5.67. The number of halogens is 11. The lowest BCUT2D eigenvalue weighted by Crippen LogP contribution is -2.25. The molecule has 0 atom stereocenters. The van der Waals surface area contributed by atoms with Crippen LogP contribution in [0.5, 0.6) is 5.75 Å². The summed E-state index contributed by atoms with van der Waals surface area (Å²) >= 11 is 0. The Morgan fingerprint density at radius 3 is 1.43 bits per heavy atom. The van der Waals surface area contributed by atoms with E-state index in [1.54, 1.807) is 6.92 Å². The van der Waals surface area contributed by atoms with E-state index in [1.165, 1.54) is 12.1 Å². The van der Waals surface area contributed by atoms with E-state index in [2.05, 4.69) is 4.74 Å². The Morgan fingerprint density at radius 1 is 0.550 bits per heavy atom. The molecule has 0 aromatic heterocycles. The summed E-state index contributed by atoms with van der Waals surface area (Å²) < 4.78 is 158. The highest BCUT2D eigenvalue weighted by Crippen LogP contribution is 2.40. The van der Waals surface area contributed by atoms with Crippen molar-refractivity contribution in [2.75, 3.05) is 0 Å². The van der Waals surface area contributed by atoms with Crippen LogP contribution >= 0.6 is 0 Å². The maximum absolute atomic E-state index is 14.8. The van der Waals surface area contributed by atoms with E-state index in [1.807, 2.05) is 0 Å². The van der Waals surface area contributed by atoms with Gasteiger partial charge in [0.25, 0.3) is 0 Å². The lowest BCUT2D eigenvalue weighted by molar-refractivity contribution is -0.189. The number of hydrogen-bond donors (Lipinski definition) is 0. The predicted molar refractivity (Wildman–Crippen MR) is 122 cm³/mol. The molecule has 1 nitrogen and oxygen atoms in total. The maximum atomic E-state index is 14.8. The number of alkyl halides is 5. The van der Waals surface area contributed by atoms with Gasteiger partial charge in [-0.2, -0.15) is 22.0 Å². The normalized spacial score (nSPS) is 12.1. The summed E-state index contributed by atoms with van der Waals surface area (Å²) in [5, 5.41) is 0. The van der Waals surface area contributed by atoms with Gasteiger partial charge in [-0.3, -0.25) is 0 Å². The third-order valence-corrected chi connectivity index (χ3v) is 5.91. The standard InChI is InChI=1S/C28H15F11O/c1-2-13-3-5-17(19(29)7-13)15-10-23(33)26(24(34)11-15)28(38,39)40-16-4-6-18(20(30)12-16)14-8-21(31)25(22(32)9-14)27(35,36)37/h3-12H,2H2,1H3. The molecule has 0 radical (unpaired) electrons. The van der Waals surface area contributed by atoms with E-state index >= 15 is 0 Å². The van der Waals surface area contributed by atoms with E-state index in [0.29, 0.717) is 36.2 Å². The van der Waals surface area contributed by atoms with Crippen molar-refractivity contribution in [2.24, 2.45) is 0 Å². The van der Waals surface area contributed by atoms with Crippen LogP contribution in [0, 0.1) is 34.9 Å². The lowest BCUT2D eigenvalue weighted by Gasteiger charge is -2.20. The van der Waals surface area contributed by atoms with Gasteiger partial charge in [0.05, 0.1) is 0 Å². The molecule has 4 rings (SSSR count). The Bertz CT molecular complexity index is 1550. The topological polar surface area (TPSA) is 9.23 Å². The van der Waals surface area contributed by atoms with Crippen molar-refractivity contribution >= 4 is 0 Å². The van der Waals surface area contributed by atoms with Crippen LogP contribution in [0.3, 0.4) is 0 Å². The van der Waals surface area contributed by atoms with Gasteiger partial charge in [0.2, 0.25) is 0 Å². The van der Waals surface area contributed by atoms with Crippen LogP contribution in [-0.4, -0.2) is 0 Å². The highest BCUT2D eigenvalue weighted by Gasteiger charge is 2.42. The van der Waals surface area contributed by atoms with Crippen LogP contribution in [0.4, 0.5) is 48.3 Å². The van der Waals surface area contributed by atoms with Crippen molar-refractivity contribution in [1.82, 2.24) is 0 Å². The Morgan fingerprint density at radius 2 is 1.00 bits per heavy atom. The van der Waals surface area contributed by atoms with Crippen LogP contribution in [0.15, 0.2) is 60.7 Å². The third-order valence-electron chi connectivity index (χ3n) is 5.91. The zero-order valence-electron chi connectivity index (χ0n) is 20.0. The SMILES string of the molecule is CCc1ccc(-c2cc(F)c(C(F)(F)Oc3ccc(-c4cc(F)c(C(F)(F)F)c(F)c4)c(F)c3)c(F)c2)c(F)c1. The fourth-order valence-corrected chi connectivity index (χ4v) is 4.01. The zero-order chi connectivity index (χ0) is 29.6. The van der Waals surface area contributed by atoms with Gasteiger partial charge in [0.1, 0.15) is 51.8 Å². The van der Waals surface area contributed by atoms with E-state index in [0.717, 1.165) is 6.07 Å². The quantitative estimate of drug-likeness (QED) is 0.208. The molecule has 0 saturated heterocycles. The molecule has 4 aromatic rings. The molecule has 0 N–H and O–H groups in total. The molecule has 0 saturated carbocycles. The monoisotopic (exact) mass is 576 g/mol. The fourth-order valence-electron chi connectivity index (χ4n) is 4.01. The summed E-state index contributed by atoms with van der Waals surface area (Å²) in [6.45, 7) is 1.75. The van der Waals surface area contributed by atoms with E-state index in [4.69, 9.17) is 0 Å². The molecule has 0 bridgehead atoms. The molecule has 40 heavy (non-hydrogen) atoms. The molecule has 0 unspecified atom stereocenters. The van der Waals surface area contributed by atoms with Gasteiger partial charge in [-0.05, 0) is 65.6 Å². The van der Waals surface area contributed by atoms with Gasteiger partial charge in [0.15, 0.2) is 0 Å². The molecular weight excluding hydrogens is 561 g/mol. The first kappa shape index (κ1) is 28.9. The average molecular weight is 576 g/mol. The van der Waals surface area contributed by atoms with Crippen molar-refractivity contribution in [3.05, 3.63) is 112 Å². The fraction of sp³-hybridized carbons (Fsp3) is 0.143. The first-order chi connectivity index (χ1) is 18.6. The first-order valence-electron chi connectivity index (χ1n) is 11.3. The Kier molecular flexibility index (Phi) is 7.57. The second-order valence-electron chi connectivity index (χ2n) is 8.56. The van der Waals surface area contributed by atoms with Gasteiger partial charge in [-0.1, -0.05) is 19.1 Å². The molecule has 0 aliphatic heterocycles. The molecule has 12 heteroatoms. The summed E-state index contributed by atoms with van der Waals surface area (Å²) in [6, 6.07) is 6.79. The summed E-state index contributed by atoms with van der Waals surface area (Å²) in [7, 11) is 0. The number of rotatable bonds is 6. The van der Waals surface area contributed by atoms with Crippen LogP contribution < -0.4 is 4.74 Å². The summed E-state index contributed by atoms with van der Waals surface area (Å²) in [6.07, 6.45) is -9.62. The summed E-state index contributed by atoms with van der Waals surface area (Å²) in [5.41, 5.74) is -5.47.